The van der Waals surface area contributed by atoms with Gasteiger partial charge in [-0.15, -0.1) is 11.3 Å². The van der Waals surface area contributed by atoms with E-state index in [2.05, 4.69) is 72.2 Å². The number of rotatable bonds is 9. The SMILES string of the molecule is CCn1c(-c2cccnc2[C@H](C)OC)c2c3cc(ccc31)-c1csc(n1)C[C@H](NC(=O)[C@H](C(C)C)N(C)C(=O)N1C[C@@H]3CN(C(=O)C#CC(C)(C)N(C)C)CC[C@@H]31)C(=O)N1CCCC(N1)C(=O)OCC(C)(C)C2. The molecule has 8 rings (SSSR count). The number of methoxy groups -OCH3 is 1. The number of pyridine rings is 1. The number of fused-ring (bicyclic) bond motifs is 7. The molecule has 5 amide bonds. The zero-order chi connectivity index (χ0) is 52.7. The van der Waals surface area contributed by atoms with Gasteiger partial charge in [0.05, 0.1) is 40.3 Å². The molecule has 1 aromatic carbocycles. The molecule has 6 atom stereocenters. The van der Waals surface area contributed by atoms with Gasteiger partial charge in [-0.25, -0.2) is 15.2 Å². The number of carbonyl (C=O) groups is 5. The van der Waals surface area contributed by atoms with Crippen LogP contribution in [0.25, 0.3) is 33.4 Å². The first-order chi connectivity index (χ1) is 34.6. The average Bonchev–Trinajstić information content (AvgIpc) is 3.95. The molecule has 4 aliphatic heterocycles. The Labute approximate surface area is 434 Å². The van der Waals surface area contributed by atoms with E-state index in [4.69, 9.17) is 19.4 Å². The van der Waals surface area contributed by atoms with Crippen molar-refractivity contribution in [1.82, 2.24) is 49.9 Å². The van der Waals surface area contributed by atoms with Crippen molar-refractivity contribution in [2.24, 2.45) is 17.3 Å². The third-order valence-corrected chi connectivity index (χ3v) is 16.3. The summed E-state index contributed by atoms with van der Waals surface area (Å²) in [5, 5.41) is 8.17. The van der Waals surface area contributed by atoms with Gasteiger partial charge >= 0.3 is 12.0 Å². The molecule has 0 spiro atoms. The number of piperidine rings is 1. The Hall–Kier alpha value is -5.87. The number of carbonyl (C=O) groups excluding carboxylic acids is 5. The highest BCUT2D eigenvalue weighted by Crippen LogP contribution is 2.42. The Balaban J connectivity index is 1.07. The summed E-state index contributed by atoms with van der Waals surface area (Å²) in [6, 6.07) is 7.29. The lowest BCUT2D eigenvalue weighted by Gasteiger charge is -2.54. The number of amides is 5. The number of aryl methyl sites for hydroxylation is 1. The third kappa shape index (κ3) is 11.0. The average molecular weight is 1020 g/mol. The molecule has 392 valence electrons. The number of urea groups is 1. The first-order valence-corrected chi connectivity index (χ1v) is 26.7. The molecule has 0 radical (unpaired) electrons. The number of aromatic nitrogens is 3. The van der Waals surface area contributed by atoms with Gasteiger partial charge in [-0.05, 0) is 109 Å². The fourth-order valence-corrected chi connectivity index (χ4v) is 11.6. The van der Waals surface area contributed by atoms with Crippen molar-refractivity contribution in [3.05, 3.63) is 58.2 Å². The number of esters is 1. The van der Waals surface area contributed by atoms with Gasteiger partial charge in [-0.3, -0.25) is 34.1 Å². The summed E-state index contributed by atoms with van der Waals surface area (Å²) >= 11 is 1.41. The third-order valence-electron chi connectivity index (χ3n) is 15.4. The van der Waals surface area contributed by atoms with Gasteiger partial charge in [0.1, 0.15) is 18.1 Å². The molecule has 0 saturated carbocycles. The molecule has 2 N–H and O–H groups in total. The zero-order valence-electron chi connectivity index (χ0n) is 44.7. The minimum Gasteiger partial charge on any atom is -0.464 e. The number of likely N-dealkylation sites (tertiary alicyclic amines) is 2. The van der Waals surface area contributed by atoms with Crippen LogP contribution in [0.1, 0.15) is 97.0 Å². The Kier molecular flexibility index (Phi) is 15.8. The van der Waals surface area contributed by atoms with E-state index in [1.165, 1.54) is 21.2 Å². The second kappa shape index (κ2) is 21.5. The van der Waals surface area contributed by atoms with E-state index in [0.717, 1.165) is 44.7 Å². The largest absolute Gasteiger partial charge is 0.464 e. The van der Waals surface area contributed by atoms with Crippen molar-refractivity contribution < 1.29 is 33.4 Å². The van der Waals surface area contributed by atoms with Gasteiger partial charge in [-0.1, -0.05) is 39.7 Å². The van der Waals surface area contributed by atoms with Gasteiger partial charge < -0.3 is 34.1 Å². The van der Waals surface area contributed by atoms with Gasteiger partial charge in [0.2, 0.25) is 5.91 Å². The normalized spacial score (nSPS) is 22.1. The number of nitrogens with one attached hydrogen (secondary N) is 2. The van der Waals surface area contributed by atoms with Crippen LogP contribution in [0.3, 0.4) is 0 Å². The van der Waals surface area contributed by atoms with Crippen LogP contribution in [-0.2, 0) is 48.0 Å². The molecule has 0 aliphatic carbocycles. The van der Waals surface area contributed by atoms with E-state index in [9.17, 15) is 24.0 Å². The van der Waals surface area contributed by atoms with Crippen molar-refractivity contribution in [1.29, 1.82) is 0 Å². The van der Waals surface area contributed by atoms with Crippen LogP contribution in [0.4, 0.5) is 4.79 Å². The van der Waals surface area contributed by atoms with Crippen LogP contribution in [0.5, 0.6) is 0 Å². The van der Waals surface area contributed by atoms with E-state index >= 15 is 0 Å². The lowest BCUT2D eigenvalue weighted by molar-refractivity contribution is -0.155. The number of thiazole rings is 1. The quantitative estimate of drug-likeness (QED) is 0.145. The molecule has 18 heteroatoms. The fraction of sp³-hybridized carbons (Fsp3) is 0.582. The minimum absolute atomic E-state index is 0.0704. The topological polar surface area (TPSA) is 175 Å². The van der Waals surface area contributed by atoms with Gasteiger partial charge in [0.25, 0.3) is 11.8 Å². The number of benzene rings is 1. The van der Waals surface area contributed by atoms with Crippen molar-refractivity contribution in [3.8, 4) is 34.4 Å². The molecular formula is C55H74N10O7S. The molecule has 4 aromatic rings. The predicted molar refractivity (Wildman–Crippen MR) is 282 cm³/mol. The van der Waals surface area contributed by atoms with Crippen LogP contribution in [-0.4, -0.2) is 160 Å². The van der Waals surface area contributed by atoms with Crippen molar-refractivity contribution in [3.63, 3.8) is 0 Å². The minimum atomic E-state index is -1.09. The molecule has 3 saturated heterocycles. The summed E-state index contributed by atoms with van der Waals surface area (Å²) < 4.78 is 14.3. The number of hydrazine groups is 1. The summed E-state index contributed by atoms with van der Waals surface area (Å²) in [6.07, 6.45) is 3.79. The summed E-state index contributed by atoms with van der Waals surface area (Å²) in [6.45, 7) is 18.6. The number of ether oxygens (including phenoxy) is 2. The van der Waals surface area contributed by atoms with Crippen LogP contribution in [0, 0.1) is 29.1 Å². The Morgan fingerprint density at radius 3 is 2.55 bits per heavy atom. The molecule has 73 heavy (non-hydrogen) atoms. The second-order valence-corrected chi connectivity index (χ2v) is 23.0. The molecule has 17 nitrogen and oxygen atoms in total. The van der Waals surface area contributed by atoms with E-state index in [-0.39, 0.29) is 48.9 Å². The lowest BCUT2D eigenvalue weighted by atomic mass is 9.82. The monoisotopic (exact) mass is 1020 g/mol. The highest BCUT2D eigenvalue weighted by molar-refractivity contribution is 7.10. The van der Waals surface area contributed by atoms with Crippen molar-refractivity contribution in [2.45, 2.75) is 130 Å². The van der Waals surface area contributed by atoms with Gasteiger partial charge in [0.15, 0.2) is 0 Å². The molecule has 4 aliphatic rings. The predicted octanol–water partition coefficient (Wildman–Crippen LogP) is 6.16. The number of hydrogen-bond acceptors (Lipinski definition) is 12. The standard InChI is InChI=1S/C55H74N10O7S/c1-13-63-44-19-18-35-26-38(44)39(49(63)37-16-14-23-56-47(37)34(4)71-12)28-54(5,6)32-72-52(69)40-17-15-24-65(59-40)51(68)41(27-45-57-42(35)31-73-45)58-50(67)48(33(2)3)61(11)53(70)64-30-36-29-62(25-21-43(36)64)46(66)20-22-55(7,8)60(9)10/h14,16,18-19,23,26,31,33-34,36,40-41,43,48,59H,13,15,17,21,24-25,27-30,32H2,1-12H3,(H,58,67)/t34-,36-,40?,41-,43-,48-/m0/s1. The van der Waals surface area contributed by atoms with Crippen LogP contribution < -0.4 is 10.7 Å². The van der Waals surface area contributed by atoms with Gasteiger partial charge in [-0.2, -0.15) is 0 Å². The smallest absolute Gasteiger partial charge is 0.324 e. The lowest BCUT2D eigenvalue weighted by Crippen LogP contribution is -2.68. The van der Waals surface area contributed by atoms with Crippen molar-refractivity contribution in [2.75, 3.05) is 61.0 Å². The van der Waals surface area contributed by atoms with Crippen LogP contribution >= 0.6 is 11.3 Å². The summed E-state index contributed by atoms with van der Waals surface area (Å²) in [4.78, 5) is 87.8. The first-order valence-electron chi connectivity index (χ1n) is 25.8. The fourth-order valence-electron chi connectivity index (χ4n) is 10.7. The number of hydrogen-bond donors (Lipinski definition) is 2. The maximum absolute atomic E-state index is 14.8. The summed E-state index contributed by atoms with van der Waals surface area (Å²) in [5.74, 6) is 4.16. The molecule has 3 fully saturated rings. The van der Waals surface area contributed by atoms with E-state index in [0.29, 0.717) is 63.4 Å². The molecule has 1 unspecified atom stereocenters. The van der Waals surface area contributed by atoms with E-state index < -0.39 is 46.9 Å². The number of likely N-dealkylation sites (N-methyl/N-ethyl adjacent to an activating group) is 1. The second-order valence-electron chi connectivity index (χ2n) is 22.1. The van der Waals surface area contributed by atoms with E-state index in [1.54, 1.807) is 30.2 Å². The molecular weight excluding hydrogens is 945 g/mol. The Morgan fingerprint density at radius 1 is 1.08 bits per heavy atom. The number of cyclic esters (lactones) is 1. The molecule has 3 aromatic heterocycles. The maximum Gasteiger partial charge on any atom is 0.324 e. The van der Waals surface area contributed by atoms with Crippen LogP contribution in [0.15, 0.2) is 41.9 Å². The highest BCUT2D eigenvalue weighted by Gasteiger charge is 2.48. The highest BCUT2D eigenvalue weighted by atomic mass is 32.1. The first kappa shape index (κ1) is 53.4. The number of nitrogens with zero attached hydrogens (tertiary/aromatic N) is 8. The van der Waals surface area contributed by atoms with Crippen LogP contribution in [0.2, 0.25) is 0 Å². The van der Waals surface area contributed by atoms with Crippen molar-refractivity contribution >= 4 is 52.0 Å². The zero-order valence-corrected chi connectivity index (χ0v) is 45.5. The van der Waals surface area contributed by atoms with Gasteiger partial charge in [0, 0.05) is 104 Å². The maximum atomic E-state index is 14.8. The summed E-state index contributed by atoms with van der Waals surface area (Å²) in [7, 11) is 7.18. The molecule has 6 bridgehead atoms. The van der Waals surface area contributed by atoms with E-state index in [1.807, 2.05) is 65.1 Å². The Bertz CT molecular complexity index is 2810. The molecule has 7 heterocycles. The summed E-state index contributed by atoms with van der Waals surface area (Å²) in [5.41, 5.74) is 8.83. The Morgan fingerprint density at radius 2 is 1.85 bits per heavy atom.